The quantitative estimate of drug-likeness (QED) is 0.590. The number of rotatable bonds is 5. The Morgan fingerprint density at radius 1 is 1.53 bits per heavy atom. The monoisotopic (exact) mass is 206 g/mol. The summed E-state index contributed by atoms with van der Waals surface area (Å²) in [5, 5.41) is 0. The lowest BCUT2D eigenvalue weighted by atomic mass is 10.1. The van der Waals surface area contributed by atoms with Gasteiger partial charge in [0.1, 0.15) is 5.75 Å². The third-order valence-electron chi connectivity index (χ3n) is 2.23. The lowest BCUT2D eigenvalue weighted by Crippen LogP contribution is -2.18. The van der Waals surface area contributed by atoms with Gasteiger partial charge in [0, 0.05) is 24.8 Å². The van der Waals surface area contributed by atoms with Gasteiger partial charge in [0.25, 0.3) is 0 Å². The highest BCUT2D eigenvalue weighted by Gasteiger charge is 2.03. The maximum Gasteiger partial charge on any atom is 0.120 e. The van der Waals surface area contributed by atoms with Crippen LogP contribution in [0.1, 0.15) is 5.56 Å². The largest absolute Gasteiger partial charge is 0.497 e. The highest BCUT2D eigenvalue weighted by molar-refractivity contribution is 5.51. The van der Waals surface area contributed by atoms with Gasteiger partial charge in [0.05, 0.1) is 7.11 Å². The van der Waals surface area contributed by atoms with Gasteiger partial charge in [-0.3, -0.25) is 4.90 Å². The van der Waals surface area contributed by atoms with Crippen LogP contribution < -0.4 is 10.5 Å². The molecule has 0 unspecified atom stereocenters. The zero-order chi connectivity index (χ0) is 11.3. The van der Waals surface area contributed by atoms with Gasteiger partial charge in [-0.25, -0.2) is 0 Å². The molecule has 0 fully saturated rings. The standard InChI is InChI=1S/C12H18N2O/c1-4-7-14(2)9-10-5-6-11(15-3)8-12(10)13/h4-6,8H,1,7,9,13H2,2-3H3. The topological polar surface area (TPSA) is 38.5 Å². The molecule has 0 saturated heterocycles. The maximum absolute atomic E-state index is 5.91. The van der Waals surface area contributed by atoms with Crippen molar-refractivity contribution in [2.24, 2.45) is 0 Å². The number of hydrogen-bond donors (Lipinski definition) is 1. The van der Waals surface area contributed by atoms with Crippen LogP contribution in [0.15, 0.2) is 30.9 Å². The first-order valence-corrected chi connectivity index (χ1v) is 4.89. The molecule has 0 amide bonds. The van der Waals surface area contributed by atoms with Crippen molar-refractivity contribution >= 4 is 5.69 Å². The number of likely N-dealkylation sites (N-methyl/N-ethyl adjacent to an activating group) is 1. The first-order valence-electron chi connectivity index (χ1n) is 4.89. The van der Waals surface area contributed by atoms with Crippen LogP contribution in [0.2, 0.25) is 0 Å². The molecule has 0 aliphatic carbocycles. The second-order valence-electron chi connectivity index (χ2n) is 3.55. The minimum atomic E-state index is 0.769. The summed E-state index contributed by atoms with van der Waals surface area (Å²) in [7, 11) is 3.67. The van der Waals surface area contributed by atoms with Crippen molar-refractivity contribution in [1.29, 1.82) is 0 Å². The number of nitrogen functional groups attached to an aromatic ring is 1. The Balaban J connectivity index is 2.73. The van der Waals surface area contributed by atoms with E-state index in [9.17, 15) is 0 Å². The van der Waals surface area contributed by atoms with Crippen molar-refractivity contribution in [2.75, 3.05) is 26.4 Å². The van der Waals surface area contributed by atoms with Crippen molar-refractivity contribution in [1.82, 2.24) is 4.90 Å². The second-order valence-corrected chi connectivity index (χ2v) is 3.55. The Labute approximate surface area is 91.1 Å². The molecule has 0 spiro atoms. The number of anilines is 1. The number of ether oxygens (including phenoxy) is 1. The fourth-order valence-corrected chi connectivity index (χ4v) is 1.42. The van der Waals surface area contributed by atoms with Gasteiger partial charge in [-0.2, -0.15) is 0 Å². The highest BCUT2D eigenvalue weighted by Crippen LogP contribution is 2.20. The number of hydrogen-bond acceptors (Lipinski definition) is 3. The van der Waals surface area contributed by atoms with Gasteiger partial charge in [0.15, 0.2) is 0 Å². The summed E-state index contributed by atoms with van der Waals surface area (Å²) in [6.45, 7) is 5.37. The van der Waals surface area contributed by atoms with Crippen LogP contribution >= 0.6 is 0 Å². The summed E-state index contributed by atoms with van der Waals surface area (Å²) in [5.74, 6) is 0.794. The molecule has 0 aromatic heterocycles. The van der Waals surface area contributed by atoms with Crippen LogP contribution in [0.25, 0.3) is 0 Å². The highest BCUT2D eigenvalue weighted by atomic mass is 16.5. The Hall–Kier alpha value is -1.48. The van der Waals surface area contributed by atoms with Crippen molar-refractivity contribution in [3.05, 3.63) is 36.4 Å². The summed E-state index contributed by atoms with van der Waals surface area (Å²) in [6, 6.07) is 5.76. The smallest absolute Gasteiger partial charge is 0.120 e. The maximum atomic E-state index is 5.91. The molecule has 0 heterocycles. The number of methoxy groups -OCH3 is 1. The average molecular weight is 206 g/mol. The molecule has 0 aliphatic rings. The Kier molecular flexibility index (Phi) is 4.18. The zero-order valence-electron chi connectivity index (χ0n) is 9.36. The van der Waals surface area contributed by atoms with E-state index in [1.807, 2.05) is 31.3 Å². The zero-order valence-corrected chi connectivity index (χ0v) is 9.36. The third-order valence-corrected chi connectivity index (χ3v) is 2.23. The van der Waals surface area contributed by atoms with E-state index in [-0.39, 0.29) is 0 Å². The summed E-state index contributed by atoms with van der Waals surface area (Å²) in [4.78, 5) is 2.14. The molecule has 3 heteroatoms. The van der Waals surface area contributed by atoms with E-state index in [2.05, 4.69) is 11.5 Å². The molecule has 0 aliphatic heterocycles. The molecular weight excluding hydrogens is 188 g/mol. The molecule has 15 heavy (non-hydrogen) atoms. The van der Waals surface area contributed by atoms with E-state index in [0.29, 0.717) is 0 Å². The van der Waals surface area contributed by atoms with Crippen LogP contribution in [0.4, 0.5) is 5.69 Å². The summed E-state index contributed by atoms with van der Waals surface area (Å²) in [6.07, 6.45) is 1.87. The van der Waals surface area contributed by atoms with E-state index >= 15 is 0 Å². The first kappa shape index (κ1) is 11.6. The van der Waals surface area contributed by atoms with Crippen LogP contribution in [0.5, 0.6) is 5.75 Å². The van der Waals surface area contributed by atoms with Gasteiger partial charge < -0.3 is 10.5 Å². The normalized spacial score (nSPS) is 10.3. The molecule has 82 valence electrons. The molecule has 0 saturated carbocycles. The summed E-state index contributed by atoms with van der Waals surface area (Å²) < 4.78 is 5.09. The molecule has 3 nitrogen and oxygen atoms in total. The Bertz CT molecular complexity index is 336. The molecule has 1 aromatic carbocycles. The number of benzene rings is 1. The van der Waals surface area contributed by atoms with Crippen molar-refractivity contribution in [3.8, 4) is 5.75 Å². The predicted molar refractivity (Wildman–Crippen MR) is 63.9 cm³/mol. The van der Waals surface area contributed by atoms with Crippen molar-refractivity contribution in [2.45, 2.75) is 6.54 Å². The fourth-order valence-electron chi connectivity index (χ4n) is 1.42. The lowest BCUT2D eigenvalue weighted by molar-refractivity contribution is 0.364. The van der Waals surface area contributed by atoms with Gasteiger partial charge in [0.2, 0.25) is 0 Å². The predicted octanol–water partition coefficient (Wildman–Crippen LogP) is 1.90. The number of nitrogens with two attached hydrogens (primary N) is 1. The second kappa shape index (κ2) is 5.41. The first-order chi connectivity index (χ1) is 7.17. The van der Waals surface area contributed by atoms with Crippen LogP contribution in [-0.2, 0) is 6.54 Å². The molecular formula is C12H18N2O. The average Bonchev–Trinajstić information content (AvgIpc) is 2.21. The van der Waals surface area contributed by atoms with E-state index < -0.39 is 0 Å². The molecule has 1 rings (SSSR count). The SMILES string of the molecule is C=CCN(C)Cc1ccc(OC)cc1N. The van der Waals surface area contributed by atoms with E-state index in [1.165, 1.54) is 0 Å². The molecule has 0 radical (unpaired) electrons. The van der Waals surface area contributed by atoms with Crippen molar-refractivity contribution < 1.29 is 4.74 Å². The van der Waals surface area contributed by atoms with Gasteiger partial charge >= 0.3 is 0 Å². The summed E-state index contributed by atoms with van der Waals surface area (Å²) in [5.41, 5.74) is 7.79. The van der Waals surface area contributed by atoms with Crippen LogP contribution in [-0.4, -0.2) is 25.6 Å². The van der Waals surface area contributed by atoms with E-state index in [4.69, 9.17) is 10.5 Å². The van der Waals surface area contributed by atoms with Crippen LogP contribution in [0.3, 0.4) is 0 Å². The minimum absolute atomic E-state index is 0.769. The third kappa shape index (κ3) is 3.29. The van der Waals surface area contributed by atoms with Crippen molar-refractivity contribution in [3.63, 3.8) is 0 Å². The Morgan fingerprint density at radius 3 is 2.80 bits per heavy atom. The van der Waals surface area contributed by atoms with E-state index in [0.717, 1.165) is 30.1 Å². The van der Waals surface area contributed by atoms with Gasteiger partial charge in [-0.1, -0.05) is 12.1 Å². The van der Waals surface area contributed by atoms with E-state index in [1.54, 1.807) is 7.11 Å². The summed E-state index contributed by atoms with van der Waals surface area (Å²) >= 11 is 0. The van der Waals surface area contributed by atoms with Gasteiger partial charge in [-0.05, 0) is 18.7 Å². The fraction of sp³-hybridized carbons (Fsp3) is 0.333. The number of nitrogens with zero attached hydrogens (tertiary/aromatic N) is 1. The van der Waals surface area contributed by atoms with Crippen LogP contribution in [0, 0.1) is 0 Å². The molecule has 0 atom stereocenters. The molecule has 0 bridgehead atoms. The Morgan fingerprint density at radius 2 is 2.27 bits per heavy atom. The molecule has 1 aromatic rings. The molecule has 2 N–H and O–H groups in total. The minimum Gasteiger partial charge on any atom is -0.497 e. The lowest BCUT2D eigenvalue weighted by Gasteiger charge is -2.16. The van der Waals surface area contributed by atoms with Gasteiger partial charge in [-0.15, -0.1) is 6.58 Å².